The average molecular weight is 226 g/mol. The van der Waals surface area contributed by atoms with Gasteiger partial charge in [-0.1, -0.05) is 6.07 Å². The van der Waals surface area contributed by atoms with Crippen molar-refractivity contribution in [2.24, 2.45) is 0 Å². The summed E-state index contributed by atoms with van der Waals surface area (Å²) < 4.78 is 21.0. The van der Waals surface area contributed by atoms with Crippen LogP contribution >= 0.6 is 0 Å². The highest BCUT2D eigenvalue weighted by Gasteiger charge is 2.12. The van der Waals surface area contributed by atoms with Crippen molar-refractivity contribution in [3.63, 3.8) is 0 Å². The quantitative estimate of drug-likeness (QED) is 0.698. The number of benzene rings is 1. The minimum Gasteiger partial charge on any atom is -0.493 e. The summed E-state index contributed by atoms with van der Waals surface area (Å²) in [6.45, 7) is 2.51. The summed E-state index contributed by atoms with van der Waals surface area (Å²) in [7, 11) is 4.80. The molecule has 0 bridgehead atoms. The molecule has 0 atom stereocenters. The zero-order valence-corrected chi connectivity index (χ0v) is 10.1. The lowest BCUT2D eigenvalue weighted by Crippen LogP contribution is -2.04. The van der Waals surface area contributed by atoms with Gasteiger partial charge in [-0.05, 0) is 19.1 Å². The molecule has 0 fully saturated rings. The van der Waals surface area contributed by atoms with E-state index in [-0.39, 0.29) is 6.29 Å². The van der Waals surface area contributed by atoms with Gasteiger partial charge in [0.1, 0.15) is 0 Å². The van der Waals surface area contributed by atoms with Crippen LogP contribution in [0.25, 0.3) is 0 Å². The van der Waals surface area contributed by atoms with Crippen LogP contribution in [-0.2, 0) is 9.47 Å². The van der Waals surface area contributed by atoms with Gasteiger partial charge in [-0.3, -0.25) is 0 Å². The second kappa shape index (κ2) is 6.35. The Morgan fingerprint density at radius 1 is 1.06 bits per heavy atom. The minimum atomic E-state index is -0.384. The normalized spacial score (nSPS) is 10.6. The predicted molar refractivity (Wildman–Crippen MR) is 60.9 cm³/mol. The molecule has 1 aromatic rings. The fraction of sp³-hybridized carbons (Fsp3) is 0.500. The molecule has 90 valence electrons. The van der Waals surface area contributed by atoms with E-state index in [0.29, 0.717) is 18.1 Å². The van der Waals surface area contributed by atoms with Crippen LogP contribution in [0.2, 0.25) is 0 Å². The van der Waals surface area contributed by atoms with Gasteiger partial charge in [0.05, 0.1) is 13.7 Å². The van der Waals surface area contributed by atoms with Crippen LogP contribution in [0.1, 0.15) is 18.8 Å². The van der Waals surface area contributed by atoms with Gasteiger partial charge in [-0.15, -0.1) is 0 Å². The van der Waals surface area contributed by atoms with Gasteiger partial charge in [-0.25, -0.2) is 0 Å². The van der Waals surface area contributed by atoms with Crippen LogP contribution < -0.4 is 9.47 Å². The lowest BCUT2D eigenvalue weighted by atomic mass is 10.2. The van der Waals surface area contributed by atoms with Crippen LogP contribution in [0.15, 0.2) is 18.2 Å². The third-order valence-electron chi connectivity index (χ3n) is 2.19. The van der Waals surface area contributed by atoms with E-state index in [0.717, 1.165) is 5.56 Å². The third-order valence-corrected chi connectivity index (χ3v) is 2.19. The summed E-state index contributed by atoms with van der Waals surface area (Å²) in [5, 5.41) is 0. The summed E-state index contributed by atoms with van der Waals surface area (Å²) in [5.74, 6) is 1.40. The summed E-state index contributed by atoms with van der Waals surface area (Å²) in [5.41, 5.74) is 0.897. The van der Waals surface area contributed by atoms with Crippen molar-refractivity contribution in [3.05, 3.63) is 23.8 Å². The Kier molecular flexibility index (Phi) is 5.08. The maximum absolute atomic E-state index is 5.47. The molecule has 4 nitrogen and oxygen atoms in total. The first-order chi connectivity index (χ1) is 7.76. The number of hydrogen-bond donors (Lipinski definition) is 0. The van der Waals surface area contributed by atoms with Crippen LogP contribution in [0.4, 0.5) is 0 Å². The first kappa shape index (κ1) is 12.8. The Morgan fingerprint density at radius 3 is 2.25 bits per heavy atom. The van der Waals surface area contributed by atoms with E-state index in [2.05, 4.69) is 0 Å². The van der Waals surface area contributed by atoms with Crippen LogP contribution in [0, 0.1) is 0 Å². The SMILES string of the molecule is CCOc1cc(C(OC)OC)ccc1OC. The summed E-state index contributed by atoms with van der Waals surface area (Å²) in [6, 6.07) is 5.59. The molecule has 1 rings (SSSR count). The molecule has 0 spiro atoms. The largest absolute Gasteiger partial charge is 0.493 e. The molecule has 16 heavy (non-hydrogen) atoms. The van der Waals surface area contributed by atoms with Gasteiger partial charge in [0.15, 0.2) is 17.8 Å². The monoisotopic (exact) mass is 226 g/mol. The molecular weight excluding hydrogens is 208 g/mol. The van der Waals surface area contributed by atoms with Gasteiger partial charge < -0.3 is 18.9 Å². The molecule has 0 aliphatic carbocycles. The van der Waals surface area contributed by atoms with Crippen molar-refractivity contribution in [3.8, 4) is 11.5 Å². The molecule has 0 amide bonds. The van der Waals surface area contributed by atoms with E-state index in [1.54, 1.807) is 21.3 Å². The topological polar surface area (TPSA) is 36.9 Å². The molecule has 0 aliphatic heterocycles. The number of rotatable bonds is 6. The molecule has 0 radical (unpaired) electrons. The Labute approximate surface area is 96.1 Å². The molecule has 4 heteroatoms. The van der Waals surface area contributed by atoms with E-state index < -0.39 is 0 Å². The highest BCUT2D eigenvalue weighted by Crippen LogP contribution is 2.31. The number of hydrogen-bond acceptors (Lipinski definition) is 4. The molecule has 0 aromatic heterocycles. The van der Waals surface area contributed by atoms with Crippen molar-refractivity contribution < 1.29 is 18.9 Å². The lowest BCUT2D eigenvalue weighted by Gasteiger charge is -2.16. The van der Waals surface area contributed by atoms with Crippen molar-refractivity contribution >= 4 is 0 Å². The number of ether oxygens (including phenoxy) is 4. The molecule has 1 aromatic carbocycles. The fourth-order valence-electron chi connectivity index (χ4n) is 1.48. The third kappa shape index (κ3) is 2.87. The maximum atomic E-state index is 5.47. The minimum absolute atomic E-state index is 0.384. The molecule has 0 N–H and O–H groups in total. The van der Waals surface area contributed by atoms with Crippen molar-refractivity contribution in [2.75, 3.05) is 27.9 Å². The van der Waals surface area contributed by atoms with Crippen LogP contribution in [-0.4, -0.2) is 27.9 Å². The van der Waals surface area contributed by atoms with Gasteiger partial charge in [0.25, 0.3) is 0 Å². The molecule has 0 saturated carbocycles. The maximum Gasteiger partial charge on any atom is 0.183 e. The van der Waals surface area contributed by atoms with E-state index in [9.17, 15) is 0 Å². The van der Waals surface area contributed by atoms with Gasteiger partial charge in [-0.2, -0.15) is 0 Å². The Balaban J connectivity index is 3.00. The second-order valence-electron chi connectivity index (χ2n) is 3.15. The zero-order chi connectivity index (χ0) is 12.0. The van der Waals surface area contributed by atoms with E-state index in [4.69, 9.17) is 18.9 Å². The molecular formula is C12H18O4. The summed E-state index contributed by atoms with van der Waals surface area (Å²) >= 11 is 0. The Morgan fingerprint density at radius 2 is 1.75 bits per heavy atom. The summed E-state index contributed by atoms with van der Waals surface area (Å²) in [6.07, 6.45) is -0.384. The summed E-state index contributed by atoms with van der Waals surface area (Å²) in [4.78, 5) is 0. The zero-order valence-electron chi connectivity index (χ0n) is 10.1. The second-order valence-corrected chi connectivity index (χ2v) is 3.15. The lowest BCUT2D eigenvalue weighted by molar-refractivity contribution is -0.106. The standard InChI is InChI=1S/C12H18O4/c1-5-16-11-8-9(12(14-3)15-4)6-7-10(11)13-2/h6-8,12H,5H2,1-4H3. The highest BCUT2D eigenvalue weighted by atomic mass is 16.7. The van der Waals surface area contributed by atoms with Crippen LogP contribution in [0.3, 0.4) is 0 Å². The van der Waals surface area contributed by atoms with Gasteiger partial charge in [0, 0.05) is 19.8 Å². The van der Waals surface area contributed by atoms with E-state index >= 15 is 0 Å². The molecule has 0 aliphatic rings. The van der Waals surface area contributed by atoms with E-state index in [1.807, 2.05) is 25.1 Å². The molecule has 0 saturated heterocycles. The van der Waals surface area contributed by atoms with Gasteiger partial charge >= 0.3 is 0 Å². The molecule has 0 unspecified atom stereocenters. The van der Waals surface area contributed by atoms with Gasteiger partial charge in [0.2, 0.25) is 0 Å². The van der Waals surface area contributed by atoms with Crippen molar-refractivity contribution in [2.45, 2.75) is 13.2 Å². The van der Waals surface area contributed by atoms with Crippen molar-refractivity contribution in [1.29, 1.82) is 0 Å². The Hall–Kier alpha value is -1.26. The number of methoxy groups -OCH3 is 3. The average Bonchev–Trinajstić information content (AvgIpc) is 2.31. The fourth-order valence-corrected chi connectivity index (χ4v) is 1.48. The van der Waals surface area contributed by atoms with Crippen LogP contribution in [0.5, 0.6) is 11.5 Å². The first-order valence-electron chi connectivity index (χ1n) is 5.13. The molecule has 0 heterocycles. The Bertz CT molecular complexity index is 321. The predicted octanol–water partition coefficient (Wildman–Crippen LogP) is 2.39. The first-order valence-corrected chi connectivity index (χ1v) is 5.13. The smallest absolute Gasteiger partial charge is 0.183 e. The highest BCUT2D eigenvalue weighted by molar-refractivity contribution is 5.43. The van der Waals surface area contributed by atoms with Crippen molar-refractivity contribution in [1.82, 2.24) is 0 Å². The van der Waals surface area contributed by atoms with E-state index in [1.165, 1.54) is 0 Å².